The van der Waals surface area contributed by atoms with E-state index >= 15 is 0 Å². The van der Waals surface area contributed by atoms with Crippen LogP contribution in [-0.2, 0) is 6.54 Å². The van der Waals surface area contributed by atoms with E-state index in [0.29, 0.717) is 12.4 Å². The molecule has 0 fully saturated rings. The van der Waals surface area contributed by atoms with Gasteiger partial charge in [-0.15, -0.1) is 0 Å². The molecule has 2 rings (SSSR count). The largest absolute Gasteiger partial charge is 0.366 e. The molecule has 88 valence electrons. The lowest BCUT2D eigenvalue weighted by Crippen LogP contribution is -2.03. The molecular weight excluding hydrogens is 257 g/mol. The van der Waals surface area contributed by atoms with Gasteiger partial charge in [-0.05, 0) is 30.2 Å². The molecule has 1 aromatic heterocycles. The number of halogens is 2. The molecule has 1 heterocycles. The highest BCUT2D eigenvalue weighted by Gasteiger charge is 2.02. The second-order valence-electron chi connectivity index (χ2n) is 3.61. The molecule has 17 heavy (non-hydrogen) atoms. The quantitative estimate of drug-likeness (QED) is 0.862. The molecule has 3 nitrogen and oxygen atoms in total. The SMILES string of the molecule is Cc1cc(NCc2ccccc2Cl)nc(Cl)n1. The summed E-state index contributed by atoms with van der Waals surface area (Å²) in [6.07, 6.45) is 0. The lowest BCUT2D eigenvalue weighted by molar-refractivity contribution is 1.05. The molecule has 0 aliphatic carbocycles. The van der Waals surface area contributed by atoms with Crippen molar-refractivity contribution in [3.05, 3.63) is 51.9 Å². The molecule has 2 aromatic rings. The summed E-state index contributed by atoms with van der Waals surface area (Å²) in [5.41, 5.74) is 1.84. The zero-order valence-electron chi connectivity index (χ0n) is 9.24. The highest BCUT2D eigenvalue weighted by atomic mass is 35.5. The summed E-state index contributed by atoms with van der Waals surface area (Å²) in [6.45, 7) is 2.47. The Morgan fingerprint density at radius 1 is 1.18 bits per heavy atom. The van der Waals surface area contributed by atoms with Crippen LogP contribution < -0.4 is 5.32 Å². The topological polar surface area (TPSA) is 37.8 Å². The van der Waals surface area contributed by atoms with Gasteiger partial charge in [0, 0.05) is 23.3 Å². The minimum Gasteiger partial charge on any atom is -0.366 e. The first-order valence-corrected chi connectivity index (χ1v) is 5.89. The molecule has 0 amide bonds. The first-order valence-electron chi connectivity index (χ1n) is 5.13. The molecule has 0 radical (unpaired) electrons. The number of hydrogen-bond acceptors (Lipinski definition) is 3. The lowest BCUT2D eigenvalue weighted by atomic mass is 10.2. The van der Waals surface area contributed by atoms with E-state index in [1.807, 2.05) is 37.3 Å². The van der Waals surface area contributed by atoms with Gasteiger partial charge >= 0.3 is 0 Å². The molecule has 5 heteroatoms. The molecular formula is C12H11Cl2N3. The summed E-state index contributed by atoms with van der Waals surface area (Å²) in [4.78, 5) is 8.07. The summed E-state index contributed by atoms with van der Waals surface area (Å²) < 4.78 is 0. The highest BCUT2D eigenvalue weighted by molar-refractivity contribution is 6.31. The molecule has 1 aromatic carbocycles. The number of nitrogens with zero attached hydrogens (tertiary/aromatic N) is 2. The smallest absolute Gasteiger partial charge is 0.224 e. The van der Waals surface area contributed by atoms with Crippen LogP contribution in [0.5, 0.6) is 0 Å². The predicted molar refractivity (Wildman–Crippen MR) is 70.6 cm³/mol. The summed E-state index contributed by atoms with van der Waals surface area (Å²) >= 11 is 11.8. The van der Waals surface area contributed by atoms with Crippen molar-refractivity contribution in [2.45, 2.75) is 13.5 Å². The van der Waals surface area contributed by atoms with Gasteiger partial charge in [-0.2, -0.15) is 0 Å². The van der Waals surface area contributed by atoms with Crippen molar-refractivity contribution in [3.63, 3.8) is 0 Å². The number of benzene rings is 1. The average Bonchev–Trinajstić information content (AvgIpc) is 2.27. The van der Waals surface area contributed by atoms with Crippen molar-refractivity contribution in [3.8, 4) is 0 Å². The standard InChI is InChI=1S/C12H11Cl2N3/c1-8-6-11(17-12(14)16-8)15-7-9-4-2-3-5-10(9)13/h2-6H,7H2,1H3,(H,15,16,17). The van der Waals surface area contributed by atoms with Gasteiger partial charge in [-0.1, -0.05) is 29.8 Å². The minimum atomic E-state index is 0.242. The monoisotopic (exact) mass is 267 g/mol. The van der Waals surface area contributed by atoms with Crippen LogP contribution >= 0.6 is 23.2 Å². The van der Waals surface area contributed by atoms with Gasteiger partial charge in [0.15, 0.2) is 0 Å². The van der Waals surface area contributed by atoms with Crippen LogP contribution in [0.15, 0.2) is 30.3 Å². The van der Waals surface area contributed by atoms with Gasteiger partial charge in [0.05, 0.1) is 0 Å². The third-order valence-corrected chi connectivity index (χ3v) is 2.78. The molecule has 0 saturated heterocycles. The fourth-order valence-electron chi connectivity index (χ4n) is 1.45. The number of anilines is 1. The van der Waals surface area contributed by atoms with E-state index in [-0.39, 0.29) is 5.28 Å². The van der Waals surface area contributed by atoms with Crippen molar-refractivity contribution >= 4 is 29.0 Å². The maximum Gasteiger partial charge on any atom is 0.224 e. The fourth-order valence-corrected chi connectivity index (χ4v) is 1.88. The molecule has 0 spiro atoms. The van der Waals surface area contributed by atoms with E-state index in [2.05, 4.69) is 15.3 Å². The molecule has 0 unspecified atom stereocenters. The Kier molecular flexibility index (Phi) is 3.82. The molecule has 0 saturated carbocycles. The number of rotatable bonds is 3. The maximum absolute atomic E-state index is 6.05. The third kappa shape index (κ3) is 3.32. The van der Waals surface area contributed by atoms with E-state index in [1.165, 1.54) is 0 Å². The van der Waals surface area contributed by atoms with Gasteiger partial charge < -0.3 is 5.32 Å². The van der Waals surface area contributed by atoms with Gasteiger partial charge in [-0.25, -0.2) is 9.97 Å². The zero-order chi connectivity index (χ0) is 12.3. The van der Waals surface area contributed by atoms with Crippen molar-refractivity contribution in [1.29, 1.82) is 0 Å². The predicted octanol–water partition coefficient (Wildman–Crippen LogP) is 3.70. The van der Waals surface area contributed by atoms with Gasteiger partial charge in [0.2, 0.25) is 5.28 Å². The second-order valence-corrected chi connectivity index (χ2v) is 4.35. The van der Waals surface area contributed by atoms with Crippen LogP contribution in [0.1, 0.15) is 11.3 Å². The highest BCUT2D eigenvalue weighted by Crippen LogP contribution is 2.17. The number of aryl methyl sites for hydroxylation is 1. The third-order valence-electron chi connectivity index (χ3n) is 2.24. The van der Waals surface area contributed by atoms with E-state index in [1.54, 1.807) is 0 Å². The first kappa shape index (κ1) is 12.1. The van der Waals surface area contributed by atoms with Crippen LogP contribution in [0.3, 0.4) is 0 Å². The van der Waals surface area contributed by atoms with E-state index in [9.17, 15) is 0 Å². The minimum absolute atomic E-state index is 0.242. The normalized spacial score (nSPS) is 10.3. The number of aromatic nitrogens is 2. The molecule has 0 bridgehead atoms. The fraction of sp³-hybridized carbons (Fsp3) is 0.167. The summed E-state index contributed by atoms with van der Waals surface area (Å²) in [6, 6.07) is 9.50. The van der Waals surface area contributed by atoms with Crippen LogP contribution in [0.25, 0.3) is 0 Å². The van der Waals surface area contributed by atoms with Crippen LogP contribution in [0.2, 0.25) is 10.3 Å². The Bertz CT molecular complexity index is 509. The van der Waals surface area contributed by atoms with Crippen LogP contribution in [0.4, 0.5) is 5.82 Å². The Balaban J connectivity index is 2.10. The Morgan fingerprint density at radius 2 is 1.94 bits per heavy atom. The van der Waals surface area contributed by atoms with Crippen molar-refractivity contribution < 1.29 is 0 Å². The summed E-state index contributed by atoms with van der Waals surface area (Å²) in [5, 5.41) is 4.14. The van der Waals surface area contributed by atoms with Crippen LogP contribution in [-0.4, -0.2) is 9.97 Å². The average molecular weight is 268 g/mol. The van der Waals surface area contributed by atoms with Gasteiger partial charge in [0.1, 0.15) is 5.82 Å². The van der Waals surface area contributed by atoms with Crippen molar-refractivity contribution in [1.82, 2.24) is 9.97 Å². The number of hydrogen-bond donors (Lipinski definition) is 1. The van der Waals surface area contributed by atoms with Crippen molar-refractivity contribution in [2.24, 2.45) is 0 Å². The number of nitrogens with one attached hydrogen (secondary N) is 1. The molecule has 0 aliphatic rings. The van der Waals surface area contributed by atoms with Gasteiger partial charge in [0.25, 0.3) is 0 Å². The summed E-state index contributed by atoms with van der Waals surface area (Å²) in [7, 11) is 0. The van der Waals surface area contributed by atoms with Crippen molar-refractivity contribution in [2.75, 3.05) is 5.32 Å². The van der Waals surface area contributed by atoms with Gasteiger partial charge in [-0.3, -0.25) is 0 Å². The molecule has 1 N–H and O–H groups in total. The Labute approximate surface area is 110 Å². The zero-order valence-corrected chi connectivity index (χ0v) is 10.8. The molecule has 0 atom stereocenters. The first-order chi connectivity index (χ1) is 8.15. The molecule has 0 aliphatic heterocycles. The van der Waals surface area contributed by atoms with E-state index in [4.69, 9.17) is 23.2 Å². The Morgan fingerprint density at radius 3 is 2.65 bits per heavy atom. The lowest BCUT2D eigenvalue weighted by Gasteiger charge is -2.07. The van der Waals surface area contributed by atoms with Crippen LogP contribution in [0, 0.1) is 6.92 Å². The van der Waals surface area contributed by atoms with E-state index in [0.717, 1.165) is 16.3 Å². The Hall–Kier alpha value is -1.32. The second kappa shape index (κ2) is 5.34. The summed E-state index contributed by atoms with van der Waals surface area (Å²) in [5.74, 6) is 0.697. The van der Waals surface area contributed by atoms with E-state index < -0.39 is 0 Å². The maximum atomic E-state index is 6.05.